The molecule has 16 heavy (non-hydrogen) atoms. The summed E-state index contributed by atoms with van der Waals surface area (Å²) in [6, 6.07) is 7.31. The van der Waals surface area contributed by atoms with Gasteiger partial charge in [-0.3, -0.25) is 0 Å². The van der Waals surface area contributed by atoms with Gasteiger partial charge < -0.3 is 15.4 Å². The summed E-state index contributed by atoms with van der Waals surface area (Å²) in [5.74, 6) is 0.466. The predicted octanol–water partition coefficient (Wildman–Crippen LogP) is 2.22. The maximum absolute atomic E-state index is 11.5. The highest BCUT2D eigenvalue weighted by molar-refractivity contribution is 9.10. The van der Waals surface area contributed by atoms with Crippen molar-refractivity contribution in [3.05, 3.63) is 28.7 Å². The van der Waals surface area contributed by atoms with Crippen LogP contribution in [0.5, 0.6) is 0 Å². The molecule has 0 unspecified atom stereocenters. The van der Waals surface area contributed by atoms with Crippen molar-refractivity contribution < 1.29 is 9.53 Å². The van der Waals surface area contributed by atoms with E-state index in [1.807, 2.05) is 24.3 Å². The molecule has 0 atom stereocenters. The molecule has 0 aromatic heterocycles. The molecular weight excluding hydrogens is 272 g/mol. The molecule has 1 aliphatic heterocycles. The molecule has 86 valence electrons. The van der Waals surface area contributed by atoms with Gasteiger partial charge in [0.1, 0.15) is 0 Å². The summed E-state index contributed by atoms with van der Waals surface area (Å²) in [5.41, 5.74) is 0.775. The first-order valence-corrected chi connectivity index (χ1v) is 5.91. The van der Waals surface area contributed by atoms with Gasteiger partial charge in [-0.2, -0.15) is 0 Å². The van der Waals surface area contributed by atoms with Crippen molar-refractivity contribution >= 4 is 27.6 Å². The van der Waals surface area contributed by atoms with Crippen molar-refractivity contribution in [2.24, 2.45) is 5.92 Å². The minimum absolute atomic E-state index is 0.176. The third kappa shape index (κ3) is 3.21. The monoisotopic (exact) mass is 284 g/mol. The molecule has 1 fully saturated rings. The van der Waals surface area contributed by atoms with E-state index in [0.29, 0.717) is 12.5 Å². The predicted molar refractivity (Wildman–Crippen MR) is 65.5 cm³/mol. The van der Waals surface area contributed by atoms with E-state index < -0.39 is 0 Å². The van der Waals surface area contributed by atoms with E-state index in [1.54, 1.807) is 0 Å². The Balaban J connectivity index is 1.77. The molecule has 4 nitrogen and oxygen atoms in total. The first kappa shape index (κ1) is 11.4. The smallest absolute Gasteiger partial charge is 0.319 e. The maximum atomic E-state index is 11.5. The van der Waals surface area contributed by atoms with Crippen LogP contribution in [0.15, 0.2) is 28.7 Å². The zero-order chi connectivity index (χ0) is 11.4. The lowest BCUT2D eigenvalue weighted by Crippen LogP contribution is -2.40. The quantitative estimate of drug-likeness (QED) is 0.894. The second kappa shape index (κ2) is 5.32. The van der Waals surface area contributed by atoms with Gasteiger partial charge in [-0.15, -0.1) is 0 Å². The van der Waals surface area contributed by atoms with Crippen LogP contribution in [0.25, 0.3) is 0 Å². The summed E-state index contributed by atoms with van der Waals surface area (Å²) < 4.78 is 5.97. The van der Waals surface area contributed by atoms with Gasteiger partial charge in [0.05, 0.1) is 13.2 Å². The molecule has 1 saturated heterocycles. The van der Waals surface area contributed by atoms with E-state index in [4.69, 9.17) is 4.74 Å². The van der Waals surface area contributed by atoms with Gasteiger partial charge in [0.15, 0.2) is 0 Å². The lowest BCUT2D eigenvalue weighted by atomic mass is 10.1. The normalized spacial score (nSPS) is 15.3. The number of nitrogens with one attached hydrogen (secondary N) is 2. The molecule has 0 aliphatic carbocycles. The van der Waals surface area contributed by atoms with Crippen molar-refractivity contribution in [3.63, 3.8) is 0 Å². The Hall–Kier alpha value is -1.07. The number of carbonyl (C=O) groups is 1. The molecule has 1 aromatic rings. The Morgan fingerprint density at radius 2 is 2.31 bits per heavy atom. The second-order valence-corrected chi connectivity index (χ2v) is 4.66. The van der Waals surface area contributed by atoms with Crippen molar-refractivity contribution in [2.45, 2.75) is 0 Å². The van der Waals surface area contributed by atoms with Gasteiger partial charge in [0.25, 0.3) is 0 Å². The van der Waals surface area contributed by atoms with Crippen LogP contribution in [0.4, 0.5) is 10.5 Å². The van der Waals surface area contributed by atoms with Gasteiger partial charge in [0, 0.05) is 22.6 Å². The molecule has 0 radical (unpaired) electrons. The van der Waals surface area contributed by atoms with E-state index in [1.165, 1.54) is 0 Å². The first-order chi connectivity index (χ1) is 7.74. The fraction of sp³-hybridized carbons (Fsp3) is 0.364. The van der Waals surface area contributed by atoms with E-state index in [-0.39, 0.29) is 6.03 Å². The molecule has 2 amide bonds. The minimum atomic E-state index is -0.176. The molecular formula is C11H13BrN2O2. The third-order valence-corrected chi connectivity index (χ3v) is 2.83. The van der Waals surface area contributed by atoms with E-state index in [9.17, 15) is 4.79 Å². The van der Waals surface area contributed by atoms with Crippen LogP contribution >= 0.6 is 15.9 Å². The molecule has 0 spiro atoms. The van der Waals surface area contributed by atoms with Crippen LogP contribution in [0.3, 0.4) is 0 Å². The summed E-state index contributed by atoms with van der Waals surface area (Å²) in [5, 5.41) is 5.57. The number of benzene rings is 1. The van der Waals surface area contributed by atoms with Gasteiger partial charge in [-0.1, -0.05) is 22.0 Å². The van der Waals surface area contributed by atoms with E-state index in [0.717, 1.165) is 23.4 Å². The molecule has 0 saturated carbocycles. The van der Waals surface area contributed by atoms with Crippen molar-refractivity contribution in [3.8, 4) is 0 Å². The molecule has 2 N–H and O–H groups in total. The van der Waals surface area contributed by atoms with Crippen molar-refractivity contribution in [1.29, 1.82) is 0 Å². The molecule has 1 heterocycles. The maximum Gasteiger partial charge on any atom is 0.319 e. The number of rotatable bonds is 3. The third-order valence-electron chi connectivity index (χ3n) is 2.34. The lowest BCUT2D eigenvalue weighted by molar-refractivity contribution is -0.0292. The summed E-state index contributed by atoms with van der Waals surface area (Å²) in [6.07, 6.45) is 0. The van der Waals surface area contributed by atoms with Gasteiger partial charge >= 0.3 is 6.03 Å². The van der Waals surface area contributed by atoms with Crippen LogP contribution in [-0.4, -0.2) is 25.8 Å². The Kier molecular flexibility index (Phi) is 3.79. The second-order valence-electron chi connectivity index (χ2n) is 3.75. The van der Waals surface area contributed by atoms with Crippen LogP contribution in [0.2, 0.25) is 0 Å². The minimum Gasteiger partial charge on any atom is -0.381 e. The Morgan fingerprint density at radius 3 is 2.94 bits per heavy atom. The van der Waals surface area contributed by atoms with Gasteiger partial charge in [0.2, 0.25) is 0 Å². The summed E-state index contributed by atoms with van der Waals surface area (Å²) in [4.78, 5) is 11.5. The summed E-state index contributed by atoms with van der Waals surface area (Å²) in [7, 11) is 0. The summed E-state index contributed by atoms with van der Waals surface area (Å²) in [6.45, 7) is 2.16. The summed E-state index contributed by atoms with van der Waals surface area (Å²) >= 11 is 3.35. The zero-order valence-electron chi connectivity index (χ0n) is 8.70. The molecule has 5 heteroatoms. The standard InChI is InChI=1S/C11H13BrN2O2/c12-9-2-1-3-10(4-9)14-11(15)13-5-8-6-16-7-8/h1-4,8H,5-7H2,(H2,13,14,15). The number of ether oxygens (including phenoxy) is 1. The molecule has 1 aliphatic rings. The Morgan fingerprint density at radius 1 is 1.50 bits per heavy atom. The number of amides is 2. The molecule has 0 bridgehead atoms. The fourth-order valence-corrected chi connectivity index (χ4v) is 1.78. The Labute approximate surface area is 102 Å². The Bertz CT molecular complexity index is 380. The average Bonchev–Trinajstić information content (AvgIpc) is 2.15. The van der Waals surface area contributed by atoms with Gasteiger partial charge in [-0.25, -0.2) is 4.79 Å². The zero-order valence-corrected chi connectivity index (χ0v) is 10.3. The largest absolute Gasteiger partial charge is 0.381 e. The topological polar surface area (TPSA) is 50.4 Å². The molecule has 2 rings (SSSR count). The fourth-order valence-electron chi connectivity index (χ4n) is 1.38. The number of carbonyl (C=O) groups excluding carboxylic acids is 1. The highest BCUT2D eigenvalue weighted by Crippen LogP contribution is 2.15. The van der Waals surface area contributed by atoms with E-state index >= 15 is 0 Å². The lowest BCUT2D eigenvalue weighted by Gasteiger charge is -2.25. The van der Waals surface area contributed by atoms with Crippen LogP contribution in [0.1, 0.15) is 0 Å². The SMILES string of the molecule is O=C(NCC1COC1)Nc1cccc(Br)c1. The first-order valence-electron chi connectivity index (χ1n) is 5.12. The molecule has 1 aromatic carbocycles. The van der Waals surface area contributed by atoms with E-state index in [2.05, 4.69) is 26.6 Å². The highest BCUT2D eigenvalue weighted by Gasteiger charge is 2.18. The number of hydrogen-bond donors (Lipinski definition) is 2. The number of urea groups is 1. The average molecular weight is 285 g/mol. The van der Waals surface area contributed by atoms with Crippen LogP contribution in [0, 0.1) is 5.92 Å². The number of halogens is 1. The number of hydrogen-bond acceptors (Lipinski definition) is 2. The van der Waals surface area contributed by atoms with Gasteiger partial charge in [-0.05, 0) is 18.2 Å². The van der Waals surface area contributed by atoms with Crippen molar-refractivity contribution in [2.75, 3.05) is 25.1 Å². The number of anilines is 1. The highest BCUT2D eigenvalue weighted by atomic mass is 79.9. The van der Waals surface area contributed by atoms with Crippen molar-refractivity contribution in [1.82, 2.24) is 5.32 Å². The van der Waals surface area contributed by atoms with Crippen LogP contribution in [-0.2, 0) is 4.74 Å². The van der Waals surface area contributed by atoms with Crippen LogP contribution < -0.4 is 10.6 Å².